The van der Waals surface area contributed by atoms with E-state index < -0.39 is 5.92 Å². The maximum Gasteiger partial charge on any atom is 0.231 e. The van der Waals surface area contributed by atoms with Crippen LogP contribution in [0.15, 0.2) is 65.0 Å². The molecule has 2 aromatic carbocycles. The van der Waals surface area contributed by atoms with Crippen molar-refractivity contribution in [3.05, 3.63) is 81.7 Å². The Kier molecular flexibility index (Phi) is 3.53. The van der Waals surface area contributed by atoms with Crippen LogP contribution in [0.2, 0.25) is 0 Å². The number of rotatable bonds is 1. The largest absolute Gasteiger partial charge is 0.454 e. The number of nitrogens with one attached hydrogen (secondary N) is 1. The molecule has 30 heavy (non-hydrogen) atoms. The Balaban J connectivity index is 1.59. The lowest BCUT2D eigenvalue weighted by Crippen LogP contribution is -2.40. The molecule has 1 atom stereocenters. The SMILES string of the molecule is O=C1CCCC2=C1C(c1ccc3c(c1)OCO3)C1=C(N2)C(=O)c2ccccc2C1=O. The lowest BCUT2D eigenvalue weighted by Gasteiger charge is -2.36. The van der Waals surface area contributed by atoms with Crippen molar-refractivity contribution in [3.63, 3.8) is 0 Å². The standard InChI is InChI=1S/C24H17NO5/c26-16-7-3-6-15-20(16)19(12-8-9-17-18(10-12)30-11-29-17)21-22(25-15)24(28)14-5-2-1-4-13(14)23(21)27/h1-2,4-5,8-10,19,25H,3,6-7,11H2. The molecule has 0 bridgehead atoms. The summed E-state index contributed by atoms with van der Waals surface area (Å²) in [5.74, 6) is 0.173. The molecule has 0 fully saturated rings. The second-order valence-corrected chi connectivity index (χ2v) is 7.83. The molecule has 148 valence electrons. The molecular formula is C24H17NO5. The summed E-state index contributed by atoms with van der Waals surface area (Å²) < 4.78 is 10.9. The number of carbonyl (C=O) groups is 3. The molecule has 2 aliphatic carbocycles. The summed E-state index contributed by atoms with van der Waals surface area (Å²) in [5.41, 5.74) is 3.47. The number of fused-ring (bicyclic) bond motifs is 2. The first-order valence-corrected chi connectivity index (χ1v) is 9.99. The molecule has 2 heterocycles. The predicted molar refractivity (Wildman–Crippen MR) is 106 cm³/mol. The minimum atomic E-state index is -0.608. The van der Waals surface area contributed by atoms with Crippen LogP contribution in [0.4, 0.5) is 0 Å². The fourth-order valence-electron chi connectivity index (χ4n) is 4.84. The Bertz CT molecular complexity index is 1240. The van der Waals surface area contributed by atoms with Gasteiger partial charge in [-0.05, 0) is 30.5 Å². The highest BCUT2D eigenvalue weighted by molar-refractivity contribution is 6.28. The van der Waals surface area contributed by atoms with Gasteiger partial charge in [0.2, 0.25) is 12.6 Å². The summed E-state index contributed by atoms with van der Waals surface area (Å²) >= 11 is 0. The van der Waals surface area contributed by atoms with Gasteiger partial charge in [0.15, 0.2) is 23.1 Å². The average molecular weight is 399 g/mol. The first-order chi connectivity index (χ1) is 14.6. The highest BCUT2D eigenvalue weighted by Gasteiger charge is 2.44. The predicted octanol–water partition coefficient (Wildman–Crippen LogP) is 3.44. The molecule has 0 amide bonds. The van der Waals surface area contributed by atoms with Crippen molar-refractivity contribution in [2.24, 2.45) is 0 Å². The quantitative estimate of drug-likeness (QED) is 0.791. The molecule has 1 N–H and O–H groups in total. The van der Waals surface area contributed by atoms with Gasteiger partial charge in [0.1, 0.15) is 0 Å². The molecular weight excluding hydrogens is 382 g/mol. The smallest absolute Gasteiger partial charge is 0.231 e. The number of carbonyl (C=O) groups excluding carboxylic acids is 3. The molecule has 6 heteroatoms. The van der Waals surface area contributed by atoms with Crippen molar-refractivity contribution in [1.29, 1.82) is 0 Å². The van der Waals surface area contributed by atoms with E-state index in [2.05, 4.69) is 5.32 Å². The third kappa shape index (κ3) is 2.27. The highest BCUT2D eigenvalue weighted by Crippen LogP contribution is 2.47. The van der Waals surface area contributed by atoms with Crippen molar-refractivity contribution < 1.29 is 23.9 Å². The van der Waals surface area contributed by atoms with E-state index in [-0.39, 0.29) is 29.8 Å². The second-order valence-electron chi connectivity index (χ2n) is 7.83. The van der Waals surface area contributed by atoms with Gasteiger partial charge in [0.05, 0.1) is 5.70 Å². The fourth-order valence-corrected chi connectivity index (χ4v) is 4.84. The Hall–Kier alpha value is -3.67. The van der Waals surface area contributed by atoms with Crippen LogP contribution in [-0.2, 0) is 4.79 Å². The van der Waals surface area contributed by atoms with Gasteiger partial charge in [-0.1, -0.05) is 30.3 Å². The number of hydrogen-bond donors (Lipinski definition) is 1. The van der Waals surface area contributed by atoms with E-state index in [1.807, 2.05) is 12.1 Å². The molecule has 0 radical (unpaired) electrons. The van der Waals surface area contributed by atoms with Crippen LogP contribution in [-0.4, -0.2) is 24.1 Å². The third-order valence-electron chi connectivity index (χ3n) is 6.20. The van der Waals surface area contributed by atoms with Gasteiger partial charge in [-0.3, -0.25) is 14.4 Å². The number of ether oxygens (including phenoxy) is 2. The number of allylic oxidation sites excluding steroid dienone is 4. The van der Waals surface area contributed by atoms with E-state index in [1.165, 1.54) is 0 Å². The van der Waals surface area contributed by atoms with Crippen LogP contribution < -0.4 is 14.8 Å². The molecule has 2 aliphatic heterocycles. The van der Waals surface area contributed by atoms with Crippen LogP contribution >= 0.6 is 0 Å². The van der Waals surface area contributed by atoms with Crippen LogP contribution in [0.25, 0.3) is 0 Å². The van der Waals surface area contributed by atoms with Crippen molar-refractivity contribution in [2.45, 2.75) is 25.2 Å². The van der Waals surface area contributed by atoms with E-state index in [4.69, 9.17) is 9.47 Å². The van der Waals surface area contributed by atoms with Crippen LogP contribution in [0.1, 0.15) is 51.5 Å². The molecule has 0 spiro atoms. The van der Waals surface area contributed by atoms with Gasteiger partial charge in [-0.2, -0.15) is 0 Å². The van der Waals surface area contributed by atoms with Gasteiger partial charge in [0.25, 0.3) is 0 Å². The zero-order valence-electron chi connectivity index (χ0n) is 16.0. The number of benzene rings is 2. The monoisotopic (exact) mass is 399 g/mol. The Morgan fingerprint density at radius 1 is 0.833 bits per heavy atom. The van der Waals surface area contributed by atoms with E-state index >= 15 is 0 Å². The van der Waals surface area contributed by atoms with E-state index in [0.29, 0.717) is 46.6 Å². The summed E-state index contributed by atoms with van der Waals surface area (Å²) in [6, 6.07) is 12.3. The van der Waals surface area contributed by atoms with E-state index in [0.717, 1.165) is 17.7 Å². The lowest BCUT2D eigenvalue weighted by molar-refractivity contribution is -0.116. The Labute approximate surface area is 172 Å². The number of dihydropyridines is 1. The highest BCUT2D eigenvalue weighted by atomic mass is 16.7. The molecule has 0 saturated heterocycles. The average Bonchev–Trinajstić information content (AvgIpc) is 3.24. The van der Waals surface area contributed by atoms with Crippen molar-refractivity contribution in [2.75, 3.05) is 6.79 Å². The first kappa shape index (κ1) is 17.2. The van der Waals surface area contributed by atoms with E-state index in [1.54, 1.807) is 30.3 Å². The molecule has 1 unspecified atom stereocenters. The molecule has 6 rings (SSSR count). The molecule has 6 nitrogen and oxygen atoms in total. The zero-order valence-corrected chi connectivity index (χ0v) is 16.0. The molecule has 0 saturated carbocycles. The van der Waals surface area contributed by atoms with Crippen LogP contribution in [0.5, 0.6) is 11.5 Å². The van der Waals surface area contributed by atoms with Crippen LogP contribution in [0, 0.1) is 0 Å². The molecule has 0 aromatic heterocycles. The molecule has 2 aromatic rings. The van der Waals surface area contributed by atoms with Gasteiger partial charge in [-0.15, -0.1) is 0 Å². The fraction of sp³-hybridized carbons (Fsp3) is 0.208. The molecule has 4 aliphatic rings. The number of ketones is 3. The van der Waals surface area contributed by atoms with Gasteiger partial charge in [0, 0.05) is 40.3 Å². The van der Waals surface area contributed by atoms with Crippen molar-refractivity contribution in [3.8, 4) is 11.5 Å². The summed E-state index contributed by atoms with van der Waals surface area (Å²) in [7, 11) is 0. The van der Waals surface area contributed by atoms with Crippen LogP contribution in [0.3, 0.4) is 0 Å². The summed E-state index contributed by atoms with van der Waals surface area (Å²) in [6.07, 6.45) is 1.82. The van der Waals surface area contributed by atoms with E-state index in [9.17, 15) is 14.4 Å². The third-order valence-corrected chi connectivity index (χ3v) is 6.20. The minimum absolute atomic E-state index is 0.0112. The van der Waals surface area contributed by atoms with Gasteiger partial charge >= 0.3 is 0 Å². The van der Waals surface area contributed by atoms with Gasteiger partial charge < -0.3 is 14.8 Å². The van der Waals surface area contributed by atoms with Crippen molar-refractivity contribution >= 4 is 17.3 Å². The van der Waals surface area contributed by atoms with Gasteiger partial charge in [-0.25, -0.2) is 0 Å². The summed E-state index contributed by atoms with van der Waals surface area (Å²) in [4.78, 5) is 39.8. The number of Topliss-reactive ketones (excluding diaryl/α,β-unsaturated/α-hetero) is 3. The normalized spacial score (nSPS) is 21.9. The first-order valence-electron chi connectivity index (χ1n) is 9.99. The Morgan fingerprint density at radius 3 is 2.43 bits per heavy atom. The minimum Gasteiger partial charge on any atom is -0.454 e. The van der Waals surface area contributed by atoms with Crippen molar-refractivity contribution in [1.82, 2.24) is 5.32 Å². The maximum atomic E-state index is 13.6. The Morgan fingerprint density at radius 2 is 1.60 bits per heavy atom. The maximum absolute atomic E-state index is 13.6. The summed E-state index contributed by atoms with van der Waals surface area (Å²) in [5, 5.41) is 3.17. The topological polar surface area (TPSA) is 81.7 Å². The zero-order chi connectivity index (χ0) is 20.4. The summed E-state index contributed by atoms with van der Waals surface area (Å²) in [6.45, 7) is 0.136. The second kappa shape index (κ2) is 6.16. The lowest BCUT2D eigenvalue weighted by atomic mass is 9.70. The number of hydrogen-bond acceptors (Lipinski definition) is 6.